The molecule has 2 aromatic carbocycles. The smallest absolute Gasteiger partial charge is 0.255 e. The molecule has 2 rings (SSSR count). The van der Waals surface area contributed by atoms with E-state index in [0.29, 0.717) is 10.6 Å². The van der Waals surface area contributed by atoms with E-state index in [9.17, 15) is 4.79 Å². The number of rotatable bonds is 6. The topological polar surface area (TPSA) is 75.3 Å². The third-order valence-corrected chi connectivity index (χ3v) is 3.61. The van der Waals surface area contributed by atoms with E-state index in [1.165, 1.54) is 0 Å². The van der Waals surface area contributed by atoms with Crippen LogP contribution in [0.25, 0.3) is 0 Å². The molecular weight excluding hydrogens is 300 g/mol. The lowest BCUT2D eigenvalue weighted by Crippen LogP contribution is -2.24. The Morgan fingerprint density at radius 2 is 1.77 bits per heavy atom. The highest BCUT2D eigenvalue weighted by Gasteiger charge is 2.06. The summed E-state index contributed by atoms with van der Waals surface area (Å²) in [5.41, 5.74) is 8.08. The van der Waals surface area contributed by atoms with Crippen molar-refractivity contribution in [2.24, 2.45) is 5.73 Å². The van der Waals surface area contributed by atoms with Crippen LogP contribution in [0.3, 0.4) is 0 Å². The molecule has 0 radical (unpaired) electrons. The van der Waals surface area contributed by atoms with Crippen LogP contribution in [0.1, 0.15) is 22.3 Å². The van der Waals surface area contributed by atoms with Crippen molar-refractivity contribution in [3.63, 3.8) is 0 Å². The van der Waals surface area contributed by atoms with Crippen LogP contribution in [0, 0.1) is 0 Å². The number of nitrogens with one attached hydrogen (secondary N) is 1. The predicted molar refractivity (Wildman–Crippen MR) is 89.2 cm³/mol. The Labute approximate surface area is 134 Å². The summed E-state index contributed by atoms with van der Waals surface area (Å²) in [7, 11) is 0. The van der Waals surface area contributed by atoms with E-state index in [1.54, 1.807) is 24.3 Å². The Morgan fingerprint density at radius 1 is 1.14 bits per heavy atom. The molecule has 0 spiro atoms. The summed E-state index contributed by atoms with van der Waals surface area (Å²) >= 11 is 5.80. The monoisotopic (exact) mass is 318 g/mol. The number of hydrogen-bond acceptors (Lipinski definition) is 3. The molecule has 0 heterocycles. The third-order valence-electron chi connectivity index (χ3n) is 3.36. The highest BCUT2D eigenvalue weighted by molar-refractivity contribution is 6.30. The molecule has 0 saturated heterocycles. The molecule has 0 unspecified atom stereocenters. The minimum absolute atomic E-state index is 0.00473. The van der Waals surface area contributed by atoms with Crippen LogP contribution in [0.5, 0.6) is 0 Å². The molecule has 0 aliphatic carbocycles. The van der Waals surface area contributed by atoms with Crippen molar-refractivity contribution in [2.75, 3.05) is 11.9 Å². The van der Waals surface area contributed by atoms with Gasteiger partial charge in [-0.3, -0.25) is 4.79 Å². The summed E-state index contributed by atoms with van der Waals surface area (Å²) in [5.74, 6) is -0.174. The molecule has 1 atom stereocenters. The molecule has 2 aromatic rings. The lowest BCUT2D eigenvalue weighted by Gasteiger charge is -2.09. The average molecular weight is 319 g/mol. The zero-order chi connectivity index (χ0) is 15.9. The van der Waals surface area contributed by atoms with Crippen molar-refractivity contribution in [3.8, 4) is 0 Å². The van der Waals surface area contributed by atoms with Gasteiger partial charge in [0.25, 0.3) is 5.91 Å². The molecule has 22 heavy (non-hydrogen) atoms. The lowest BCUT2D eigenvalue weighted by atomic mass is 10.1. The molecule has 0 aliphatic heterocycles. The standard InChI is InChI=1S/C17H19ClN2O2/c18-14-6-4-13(5-7-14)17(22)20-16-9-2-12(3-10-16)1-8-15(19)11-21/h2-7,9-10,15,21H,1,8,11,19H2,(H,20,22)/t15-/m0/s1. The summed E-state index contributed by atoms with van der Waals surface area (Å²) in [6.07, 6.45) is 1.53. The number of carbonyl (C=O) groups excluding carboxylic acids is 1. The second kappa shape index (κ2) is 7.94. The highest BCUT2D eigenvalue weighted by atomic mass is 35.5. The number of aliphatic hydroxyl groups is 1. The quantitative estimate of drug-likeness (QED) is 0.766. The fourth-order valence-electron chi connectivity index (χ4n) is 2.00. The maximum absolute atomic E-state index is 12.1. The van der Waals surface area contributed by atoms with Gasteiger partial charge in [0, 0.05) is 22.3 Å². The molecule has 5 heteroatoms. The normalized spacial score (nSPS) is 12.0. The largest absolute Gasteiger partial charge is 0.395 e. The van der Waals surface area contributed by atoms with Crippen LogP contribution in [0.4, 0.5) is 5.69 Å². The first-order valence-corrected chi connectivity index (χ1v) is 7.48. The van der Waals surface area contributed by atoms with Gasteiger partial charge in [-0.05, 0) is 54.8 Å². The summed E-state index contributed by atoms with van der Waals surface area (Å²) in [6, 6.07) is 14.1. The first-order valence-electron chi connectivity index (χ1n) is 7.11. The Hall–Kier alpha value is -1.88. The van der Waals surface area contributed by atoms with Crippen LogP contribution in [-0.2, 0) is 6.42 Å². The molecular formula is C17H19ClN2O2. The van der Waals surface area contributed by atoms with E-state index in [0.717, 1.165) is 24.1 Å². The molecule has 1 amide bonds. The predicted octanol–water partition coefficient (Wildman–Crippen LogP) is 2.84. The van der Waals surface area contributed by atoms with E-state index in [4.69, 9.17) is 22.4 Å². The number of benzene rings is 2. The molecule has 0 aromatic heterocycles. The van der Waals surface area contributed by atoms with E-state index < -0.39 is 0 Å². The number of hydrogen-bond donors (Lipinski definition) is 3. The molecule has 0 fully saturated rings. The van der Waals surface area contributed by atoms with Crippen LogP contribution < -0.4 is 11.1 Å². The SMILES string of the molecule is N[C@H](CO)CCc1ccc(NC(=O)c2ccc(Cl)cc2)cc1. The zero-order valence-electron chi connectivity index (χ0n) is 12.1. The van der Waals surface area contributed by atoms with Crippen LogP contribution in [-0.4, -0.2) is 23.7 Å². The molecule has 0 saturated carbocycles. The summed E-state index contributed by atoms with van der Waals surface area (Å²) in [5, 5.41) is 12.3. The molecule has 0 aliphatic rings. The number of amides is 1. The van der Waals surface area contributed by atoms with Crippen molar-refractivity contribution < 1.29 is 9.90 Å². The lowest BCUT2D eigenvalue weighted by molar-refractivity contribution is 0.102. The van der Waals surface area contributed by atoms with Gasteiger partial charge in [-0.1, -0.05) is 23.7 Å². The van der Waals surface area contributed by atoms with Crippen LogP contribution >= 0.6 is 11.6 Å². The Bertz CT molecular complexity index is 612. The Kier molecular flexibility index (Phi) is 5.95. The first-order chi connectivity index (χ1) is 10.6. The molecule has 116 valence electrons. The van der Waals surface area contributed by atoms with Crippen LogP contribution in [0.2, 0.25) is 5.02 Å². The van der Waals surface area contributed by atoms with Gasteiger partial charge in [0.1, 0.15) is 0 Å². The van der Waals surface area contributed by atoms with E-state index in [1.807, 2.05) is 24.3 Å². The van der Waals surface area contributed by atoms with Gasteiger partial charge in [-0.25, -0.2) is 0 Å². The van der Waals surface area contributed by atoms with Gasteiger partial charge in [0.2, 0.25) is 0 Å². The van der Waals surface area contributed by atoms with E-state index in [-0.39, 0.29) is 18.6 Å². The maximum Gasteiger partial charge on any atom is 0.255 e. The van der Waals surface area contributed by atoms with Gasteiger partial charge >= 0.3 is 0 Å². The van der Waals surface area contributed by atoms with E-state index in [2.05, 4.69) is 5.32 Å². The Balaban J connectivity index is 1.93. The number of nitrogens with two attached hydrogens (primary N) is 1. The minimum Gasteiger partial charge on any atom is -0.395 e. The van der Waals surface area contributed by atoms with Crippen molar-refractivity contribution >= 4 is 23.2 Å². The number of aryl methyl sites for hydroxylation is 1. The number of aliphatic hydroxyl groups excluding tert-OH is 1. The highest BCUT2D eigenvalue weighted by Crippen LogP contribution is 2.14. The van der Waals surface area contributed by atoms with Crippen molar-refractivity contribution in [1.29, 1.82) is 0 Å². The minimum atomic E-state index is -0.190. The first kappa shape index (κ1) is 16.5. The average Bonchev–Trinajstić information content (AvgIpc) is 2.54. The third kappa shape index (κ3) is 4.84. The van der Waals surface area contributed by atoms with Crippen molar-refractivity contribution in [1.82, 2.24) is 0 Å². The fraction of sp³-hybridized carbons (Fsp3) is 0.235. The summed E-state index contributed by atoms with van der Waals surface area (Å²) in [4.78, 5) is 12.1. The second-order valence-electron chi connectivity index (χ2n) is 5.14. The second-order valence-corrected chi connectivity index (χ2v) is 5.58. The molecule has 0 bridgehead atoms. The number of carbonyl (C=O) groups is 1. The molecule has 4 N–H and O–H groups in total. The van der Waals surface area contributed by atoms with Gasteiger partial charge in [-0.2, -0.15) is 0 Å². The summed E-state index contributed by atoms with van der Waals surface area (Å²) < 4.78 is 0. The zero-order valence-corrected chi connectivity index (χ0v) is 12.9. The van der Waals surface area contributed by atoms with E-state index >= 15 is 0 Å². The maximum atomic E-state index is 12.1. The van der Waals surface area contributed by atoms with Gasteiger partial charge in [0.15, 0.2) is 0 Å². The van der Waals surface area contributed by atoms with Crippen molar-refractivity contribution in [2.45, 2.75) is 18.9 Å². The van der Waals surface area contributed by atoms with Gasteiger partial charge < -0.3 is 16.2 Å². The van der Waals surface area contributed by atoms with Crippen molar-refractivity contribution in [3.05, 3.63) is 64.7 Å². The number of halogens is 1. The number of anilines is 1. The molecule has 4 nitrogen and oxygen atoms in total. The van der Waals surface area contributed by atoms with Gasteiger partial charge in [-0.15, -0.1) is 0 Å². The summed E-state index contributed by atoms with van der Waals surface area (Å²) in [6.45, 7) is -0.00473. The Morgan fingerprint density at radius 3 is 2.36 bits per heavy atom. The van der Waals surface area contributed by atoms with Crippen LogP contribution in [0.15, 0.2) is 48.5 Å². The van der Waals surface area contributed by atoms with Gasteiger partial charge in [0.05, 0.1) is 6.61 Å². The fourth-order valence-corrected chi connectivity index (χ4v) is 2.13.